The fourth-order valence-corrected chi connectivity index (χ4v) is 2.81. The number of nitrogens with zero attached hydrogens (tertiary/aromatic N) is 1. The number of nitrogens with one attached hydrogen (secondary N) is 2. The molecule has 1 heterocycles. The molecule has 7 heteroatoms. The number of anilines is 1. The van der Waals surface area contributed by atoms with E-state index in [0.717, 1.165) is 30.7 Å². The molecule has 1 amide bonds. The third kappa shape index (κ3) is 6.84. The standard InChI is InChI=1S/C20H24N4O2.HI/c21-20(24-17-8-2-1-3-9-17)23-13-15-6-4-7-16(12-15)19(25)22-14-18-10-5-11-26-18;/h1-4,6-9,12,18H,5,10-11,13-14H2,(H,22,25)(H3,21,23,24);1H. The minimum Gasteiger partial charge on any atom is -0.376 e. The molecule has 2 aromatic carbocycles. The minimum absolute atomic E-state index is 0. The molecule has 1 aliphatic rings. The van der Waals surface area contributed by atoms with Crippen molar-refractivity contribution in [3.05, 3.63) is 65.7 Å². The topological polar surface area (TPSA) is 88.7 Å². The Morgan fingerprint density at radius 3 is 2.74 bits per heavy atom. The van der Waals surface area contributed by atoms with E-state index >= 15 is 0 Å². The van der Waals surface area contributed by atoms with E-state index in [2.05, 4.69) is 15.6 Å². The highest BCUT2D eigenvalue weighted by Crippen LogP contribution is 2.12. The van der Waals surface area contributed by atoms with Gasteiger partial charge in [-0.25, -0.2) is 4.99 Å². The van der Waals surface area contributed by atoms with Crippen molar-refractivity contribution in [3.63, 3.8) is 0 Å². The molecule has 0 spiro atoms. The van der Waals surface area contributed by atoms with Crippen molar-refractivity contribution in [1.29, 1.82) is 0 Å². The molecule has 1 fully saturated rings. The van der Waals surface area contributed by atoms with Gasteiger partial charge in [0.1, 0.15) is 0 Å². The highest BCUT2D eigenvalue weighted by molar-refractivity contribution is 14.0. The van der Waals surface area contributed by atoms with Gasteiger partial charge in [0.15, 0.2) is 5.96 Å². The van der Waals surface area contributed by atoms with Gasteiger partial charge in [-0.1, -0.05) is 30.3 Å². The van der Waals surface area contributed by atoms with Crippen LogP contribution in [0.5, 0.6) is 0 Å². The second-order valence-electron chi connectivity index (χ2n) is 6.24. The lowest BCUT2D eigenvalue weighted by molar-refractivity contribution is 0.0857. The molecular weight excluding hydrogens is 455 g/mol. The fourth-order valence-electron chi connectivity index (χ4n) is 2.81. The van der Waals surface area contributed by atoms with Crippen molar-refractivity contribution in [1.82, 2.24) is 5.32 Å². The van der Waals surface area contributed by atoms with Crippen LogP contribution in [0.25, 0.3) is 0 Å². The number of benzene rings is 2. The zero-order valence-corrected chi connectivity index (χ0v) is 17.4. The summed E-state index contributed by atoms with van der Waals surface area (Å²) >= 11 is 0. The molecule has 4 N–H and O–H groups in total. The summed E-state index contributed by atoms with van der Waals surface area (Å²) in [6.45, 7) is 1.74. The molecule has 6 nitrogen and oxygen atoms in total. The Morgan fingerprint density at radius 1 is 1.19 bits per heavy atom. The number of aliphatic imine (C=N–C) groups is 1. The maximum atomic E-state index is 12.3. The van der Waals surface area contributed by atoms with Crippen LogP contribution in [0.3, 0.4) is 0 Å². The van der Waals surface area contributed by atoms with Gasteiger partial charge in [0.2, 0.25) is 0 Å². The van der Waals surface area contributed by atoms with E-state index in [1.807, 2.05) is 48.5 Å². The summed E-state index contributed by atoms with van der Waals surface area (Å²) in [7, 11) is 0. The van der Waals surface area contributed by atoms with E-state index in [1.165, 1.54) is 0 Å². The number of carbonyl (C=O) groups excluding carboxylic acids is 1. The Kier molecular flexibility index (Phi) is 8.53. The summed E-state index contributed by atoms with van der Waals surface area (Å²) in [6, 6.07) is 17.0. The van der Waals surface area contributed by atoms with Crippen LogP contribution in [-0.4, -0.2) is 31.1 Å². The van der Waals surface area contributed by atoms with Crippen LogP contribution in [-0.2, 0) is 11.3 Å². The first-order valence-corrected chi connectivity index (χ1v) is 8.81. The number of guanidine groups is 1. The van der Waals surface area contributed by atoms with Gasteiger partial charge in [-0.15, -0.1) is 24.0 Å². The molecule has 0 bridgehead atoms. The predicted molar refractivity (Wildman–Crippen MR) is 119 cm³/mol. The molecule has 0 radical (unpaired) electrons. The molecule has 1 saturated heterocycles. The Morgan fingerprint density at radius 2 is 2.00 bits per heavy atom. The van der Waals surface area contributed by atoms with E-state index in [-0.39, 0.29) is 36.0 Å². The van der Waals surface area contributed by atoms with Crippen LogP contribution in [0.15, 0.2) is 59.6 Å². The fraction of sp³-hybridized carbons (Fsp3) is 0.300. The first kappa shape index (κ1) is 21.2. The number of halogens is 1. The van der Waals surface area contributed by atoms with Crippen LogP contribution >= 0.6 is 24.0 Å². The maximum absolute atomic E-state index is 12.3. The summed E-state index contributed by atoms with van der Waals surface area (Å²) < 4.78 is 5.52. The van der Waals surface area contributed by atoms with Crippen LogP contribution in [0.1, 0.15) is 28.8 Å². The maximum Gasteiger partial charge on any atom is 0.251 e. The van der Waals surface area contributed by atoms with Gasteiger partial charge < -0.3 is 21.1 Å². The summed E-state index contributed by atoms with van der Waals surface area (Å²) in [5.74, 6) is 0.242. The number of nitrogens with two attached hydrogens (primary N) is 1. The Labute approximate surface area is 176 Å². The first-order chi connectivity index (χ1) is 12.7. The summed E-state index contributed by atoms with van der Waals surface area (Å²) in [6.07, 6.45) is 2.20. The van der Waals surface area contributed by atoms with Crippen molar-refractivity contribution in [3.8, 4) is 0 Å². The molecule has 1 aliphatic heterocycles. The van der Waals surface area contributed by atoms with Crippen LogP contribution in [0, 0.1) is 0 Å². The number of rotatable bonds is 6. The Balaban J connectivity index is 0.00000261. The van der Waals surface area contributed by atoms with Crippen molar-refractivity contribution >= 4 is 41.5 Å². The zero-order chi connectivity index (χ0) is 18.2. The van der Waals surface area contributed by atoms with Crippen molar-refractivity contribution < 1.29 is 9.53 Å². The van der Waals surface area contributed by atoms with Gasteiger partial charge in [-0.05, 0) is 42.7 Å². The van der Waals surface area contributed by atoms with Gasteiger partial charge >= 0.3 is 0 Å². The average Bonchev–Trinajstić information content (AvgIpc) is 3.19. The molecule has 3 rings (SSSR count). The zero-order valence-electron chi connectivity index (χ0n) is 15.1. The summed E-state index contributed by atoms with van der Waals surface area (Å²) in [5.41, 5.74) is 8.34. The molecule has 27 heavy (non-hydrogen) atoms. The molecule has 1 atom stereocenters. The quantitative estimate of drug-likeness (QED) is 0.337. The number of para-hydroxylation sites is 1. The lowest BCUT2D eigenvalue weighted by atomic mass is 10.1. The van der Waals surface area contributed by atoms with Gasteiger partial charge in [-0.3, -0.25) is 4.79 Å². The number of carbonyl (C=O) groups is 1. The van der Waals surface area contributed by atoms with Gasteiger partial charge in [-0.2, -0.15) is 0 Å². The van der Waals surface area contributed by atoms with E-state index in [1.54, 1.807) is 6.07 Å². The number of hydrogen-bond donors (Lipinski definition) is 3. The van der Waals surface area contributed by atoms with Gasteiger partial charge in [0.05, 0.1) is 12.6 Å². The SMILES string of the molecule is I.NC(=NCc1cccc(C(=O)NCC2CCCO2)c1)Nc1ccccc1. The second kappa shape index (κ2) is 10.9. The molecule has 0 aliphatic carbocycles. The predicted octanol–water partition coefficient (Wildman–Crippen LogP) is 3.14. The number of ether oxygens (including phenoxy) is 1. The van der Waals surface area contributed by atoms with Crippen molar-refractivity contribution in [2.24, 2.45) is 10.7 Å². The first-order valence-electron chi connectivity index (χ1n) is 8.81. The van der Waals surface area contributed by atoms with Gasteiger partial charge in [0.25, 0.3) is 5.91 Å². The van der Waals surface area contributed by atoms with Gasteiger partial charge in [0, 0.05) is 24.4 Å². The third-order valence-electron chi connectivity index (χ3n) is 4.18. The molecule has 2 aromatic rings. The summed E-state index contributed by atoms with van der Waals surface area (Å²) in [5, 5.41) is 5.96. The monoisotopic (exact) mass is 480 g/mol. The van der Waals surface area contributed by atoms with Crippen LogP contribution in [0.4, 0.5) is 5.69 Å². The van der Waals surface area contributed by atoms with Crippen LogP contribution < -0.4 is 16.4 Å². The largest absolute Gasteiger partial charge is 0.376 e. The highest BCUT2D eigenvalue weighted by atomic mass is 127. The number of hydrogen-bond acceptors (Lipinski definition) is 3. The minimum atomic E-state index is -0.0956. The number of amides is 1. The Bertz CT molecular complexity index is 762. The molecule has 144 valence electrons. The third-order valence-corrected chi connectivity index (χ3v) is 4.18. The average molecular weight is 480 g/mol. The van der Waals surface area contributed by atoms with Crippen molar-refractivity contribution in [2.45, 2.75) is 25.5 Å². The smallest absolute Gasteiger partial charge is 0.251 e. The van der Waals surface area contributed by atoms with E-state index in [4.69, 9.17) is 10.5 Å². The summed E-state index contributed by atoms with van der Waals surface area (Å²) in [4.78, 5) is 16.6. The normalized spacial score (nSPS) is 16.4. The second-order valence-corrected chi connectivity index (χ2v) is 6.24. The van der Waals surface area contributed by atoms with Crippen LogP contribution in [0.2, 0.25) is 0 Å². The van der Waals surface area contributed by atoms with Crippen molar-refractivity contribution in [2.75, 3.05) is 18.5 Å². The molecule has 0 saturated carbocycles. The Hall–Kier alpha value is -2.13. The highest BCUT2D eigenvalue weighted by Gasteiger charge is 2.16. The molecule has 0 aromatic heterocycles. The van der Waals surface area contributed by atoms with E-state index < -0.39 is 0 Å². The van der Waals surface area contributed by atoms with E-state index in [9.17, 15) is 4.79 Å². The lowest BCUT2D eigenvalue weighted by Gasteiger charge is -2.11. The molecular formula is C20H25IN4O2. The lowest BCUT2D eigenvalue weighted by Crippen LogP contribution is -2.31. The van der Waals surface area contributed by atoms with E-state index in [0.29, 0.717) is 24.6 Å². The molecule has 1 unspecified atom stereocenters.